The van der Waals surface area contributed by atoms with Gasteiger partial charge in [-0.25, -0.2) is 4.79 Å². The first-order valence-electron chi connectivity index (χ1n) is 5.41. The number of aryl methyl sites for hydroxylation is 1. The van der Waals surface area contributed by atoms with Crippen molar-refractivity contribution in [2.24, 2.45) is 0 Å². The summed E-state index contributed by atoms with van der Waals surface area (Å²) in [6, 6.07) is 1.77. The maximum Gasteiger partial charge on any atom is 0.404 e. The van der Waals surface area contributed by atoms with Crippen molar-refractivity contribution in [3.05, 3.63) is 27.5 Å². The zero-order valence-corrected chi connectivity index (χ0v) is 11.3. The van der Waals surface area contributed by atoms with Gasteiger partial charge < -0.3 is 15.3 Å². The monoisotopic (exact) mass is 313 g/mol. The molecule has 1 aromatic heterocycles. The summed E-state index contributed by atoms with van der Waals surface area (Å²) >= 11 is 3.34. The van der Waals surface area contributed by atoms with Crippen molar-refractivity contribution < 1.29 is 14.7 Å². The molecule has 0 atom stereocenters. The van der Waals surface area contributed by atoms with Crippen molar-refractivity contribution in [3.8, 4) is 0 Å². The predicted octanol–water partition coefficient (Wildman–Crippen LogP) is 1.38. The largest absolute Gasteiger partial charge is 0.465 e. The fourth-order valence-corrected chi connectivity index (χ4v) is 2.16. The van der Waals surface area contributed by atoms with E-state index in [4.69, 9.17) is 5.11 Å². The normalized spacial score (nSPS) is 13.7. The van der Waals surface area contributed by atoms with Gasteiger partial charge in [-0.15, -0.1) is 0 Å². The molecule has 2 N–H and O–H groups in total. The highest BCUT2D eigenvalue weighted by Gasteiger charge is 2.28. The van der Waals surface area contributed by atoms with Crippen molar-refractivity contribution in [1.29, 1.82) is 0 Å². The molecule has 0 saturated heterocycles. The van der Waals surface area contributed by atoms with Crippen LogP contribution in [0.2, 0.25) is 0 Å². The van der Waals surface area contributed by atoms with E-state index in [0.29, 0.717) is 18.7 Å². The van der Waals surface area contributed by atoms with E-state index in [-0.39, 0.29) is 12.5 Å². The maximum atomic E-state index is 12.0. The fourth-order valence-electron chi connectivity index (χ4n) is 1.84. The molecule has 0 aliphatic carbocycles. The molecule has 1 aliphatic heterocycles. The van der Waals surface area contributed by atoms with Gasteiger partial charge in [0.2, 0.25) is 0 Å². The highest BCUT2D eigenvalue weighted by Crippen LogP contribution is 2.25. The van der Waals surface area contributed by atoms with Gasteiger partial charge in [0.1, 0.15) is 0 Å². The lowest BCUT2D eigenvalue weighted by Gasteiger charge is -2.14. The summed E-state index contributed by atoms with van der Waals surface area (Å²) in [6.45, 7) is 2.86. The Hall–Kier alpha value is -1.63. The molecule has 2 heterocycles. The number of aromatic nitrogens is 1. The van der Waals surface area contributed by atoms with Gasteiger partial charge in [0.25, 0.3) is 5.91 Å². The zero-order chi connectivity index (χ0) is 13.3. The minimum Gasteiger partial charge on any atom is -0.465 e. The number of carbonyl (C=O) groups excluding carboxylic acids is 1. The number of nitrogens with zero attached hydrogens (tertiary/aromatic N) is 2. The van der Waals surface area contributed by atoms with Crippen LogP contribution < -0.4 is 5.32 Å². The number of carbonyl (C=O) groups is 2. The second-order valence-corrected chi connectivity index (χ2v) is 4.86. The summed E-state index contributed by atoms with van der Waals surface area (Å²) in [5, 5.41) is 10.7. The van der Waals surface area contributed by atoms with E-state index < -0.39 is 6.09 Å². The molecule has 6 nitrogen and oxygen atoms in total. The summed E-state index contributed by atoms with van der Waals surface area (Å²) < 4.78 is 0.806. The van der Waals surface area contributed by atoms with Crippen LogP contribution in [0.3, 0.4) is 0 Å². The van der Waals surface area contributed by atoms with E-state index in [1.54, 1.807) is 11.0 Å². The Bertz CT molecular complexity index is 519. The van der Waals surface area contributed by atoms with E-state index >= 15 is 0 Å². The summed E-state index contributed by atoms with van der Waals surface area (Å²) in [5.74, 6) is -0.106. The molecule has 0 radical (unpaired) electrons. The lowest BCUT2D eigenvalue weighted by molar-refractivity contribution is 0.0778. The number of carboxylic acid groups (broad SMARTS) is 1. The van der Waals surface area contributed by atoms with Crippen molar-refractivity contribution in [2.75, 3.05) is 13.1 Å². The van der Waals surface area contributed by atoms with Gasteiger partial charge in [-0.2, -0.15) is 0 Å². The van der Waals surface area contributed by atoms with Gasteiger partial charge in [0.05, 0.1) is 23.5 Å². The molecule has 0 bridgehead atoms. The van der Waals surface area contributed by atoms with E-state index in [9.17, 15) is 9.59 Å². The molecule has 0 saturated carbocycles. The average Bonchev–Trinajstić information content (AvgIpc) is 2.57. The first kappa shape index (κ1) is 12.8. The van der Waals surface area contributed by atoms with Gasteiger partial charge in [-0.3, -0.25) is 9.78 Å². The minimum atomic E-state index is -1.09. The van der Waals surface area contributed by atoms with Crippen LogP contribution in [0, 0.1) is 6.92 Å². The summed E-state index contributed by atoms with van der Waals surface area (Å²) in [5.41, 5.74) is 2.17. The number of hydrogen-bond donors (Lipinski definition) is 2. The third-order valence-electron chi connectivity index (χ3n) is 2.75. The lowest BCUT2D eigenvalue weighted by Crippen LogP contribution is -2.34. The number of hydrogen-bond acceptors (Lipinski definition) is 3. The average molecular weight is 314 g/mol. The van der Waals surface area contributed by atoms with Crippen molar-refractivity contribution in [2.45, 2.75) is 13.5 Å². The highest BCUT2D eigenvalue weighted by molar-refractivity contribution is 9.10. The van der Waals surface area contributed by atoms with Gasteiger partial charge >= 0.3 is 6.09 Å². The van der Waals surface area contributed by atoms with Crippen molar-refractivity contribution in [1.82, 2.24) is 15.2 Å². The van der Waals surface area contributed by atoms with Gasteiger partial charge in [0, 0.05) is 17.6 Å². The van der Waals surface area contributed by atoms with Gasteiger partial charge in [0.15, 0.2) is 0 Å². The maximum absolute atomic E-state index is 12.0. The van der Waals surface area contributed by atoms with Crippen LogP contribution >= 0.6 is 15.9 Å². The highest BCUT2D eigenvalue weighted by atomic mass is 79.9. The fraction of sp³-hybridized carbons (Fsp3) is 0.364. The zero-order valence-electron chi connectivity index (χ0n) is 9.73. The lowest BCUT2D eigenvalue weighted by atomic mass is 10.2. The van der Waals surface area contributed by atoms with Crippen LogP contribution in [-0.2, 0) is 6.54 Å². The topological polar surface area (TPSA) is 82.5 Å². The number of amides is 2. The molecule has 18 heavy (non-hydrogen) atoms. The summed E-state index contributed by atoms with van der Waals surface area (Å²) in [6.07, 6.45) is -1.09. The molecule has 2 rings (SSSR count). The van der Waals surface area contributed by atoms with Crippen molar-refractivity contribution in [3.63, 3.8) is 0 Å². The number of fused-ring (bicyclic) bond motifs is 1. The first-order valence-corrected chi connectivity index (χ1v) is 6.20. The van der Waals surface area contributed by atoms with Crippen LogP contribution in [-0.4, -0.2) is 40.1 Å². The molecule has 0 unspecified atom stereocenters. The van der Waals surface area contributed by atoms with Crippen LogP contribution in [0.5, 0.6) is 0 Å². The molecule has 0 fully saturated rings. The van der Waals surface area contributed by atoms with Gasteiger partial charge in [-0.05, 0) is 28.9 Å². The Morgan fingerprint density at radius 1 is 1.67 bits per heavy atom. The molecule has 1 aliphatic rings. The smallest absolute Gasteiger partial charge is 0.404 e. The molecule has 0 spiro atoms. The van der Waals surface area contributed by atoms with Crippen LogP contribution in [0.1, 0.15) is 21.7 Å². The third-order valence-corrected chi connectivity index (χ3v) is 3.55. The summed E-state index contributed by atoms with van der Waals surface area (Å²) in [4.78, 5) is 28.3. The van der Waals surface area contributed by atoms with Crippen LogP contribution in [0.4, 0.5) is 4.79 Å². The molecular formula is C11H12BrN3O3. The Morgan fingerprint density at radius 3 is 3.06 bits per heavy atom. The molecule has 2 amide bonds. The number of halogens is 1. The Balaban J connectivity index is 2.08. The minimum absolute atomic E-state index is 0.106. The standard InChI is InChI=1S/C11H12BrN3O3/c1-6-8(12)4-7-9(14-6)5-15(10(7)16)3-2-13-11(17)18/h4,13H,2-3,5H2,1H3,(H,17,18). The second-order valence-electron chi connectivity index (χ2n) is 4.01. The predicted molar refractivity (Wildman–Crippen MR) is 67.4 cm³/mol. The number of pyridine rings is 1. The van der Waals surface area contributed by atoms with Crippen LogP contribution in [0.25, 0.3) is 0 Å². The van der Waals surface area contributed by atoms with Crippen LogP contribution in [0.15, 0.2) is 10.5 Å². The first-order chi connectivity index (χ1) is 8.49. The molecule has 1 aromatic rings. The Kier molecular flexibility index (Phi) is 3.51. The van der Waals surface area contributed by atoms with E-state index in [1.165, 1.54) is 0 Å². The van der Waals surface area contributed by atoms with E-state index in [1.807, 2.05) is 6.92 Å². The van der Waals surface area contributed by atoms with E-state index in [2.05, 4.69) is 26.2 Å². The molecule has 7 heteroatoms. The Labute approximate surface area is 112 Å². The van der Waals surface area contributed by atoms with E-state index in [0.717, 1.165) is 15.9 Å². The third kappa shape index (κ3) is 2.45. The molecule has 0 aromatic carbocycles. The summed E-state index contributed by atoms with van der Waals surface area (Å²) in [7, 11) is 0. The number of nitrogens with one attached hydrogen (secondary N) is 1. The second kappa shape index (κ2) is 4.93. The quantitative estimate of drug-likeness (QED) is 0.883. The molecule has 96 valence electrons. The van der Waals surface area contributed by atoms with Gasteiger partial charge in [-0.1, -0.05) is 0 Å². The molecular weight excluding hydrogens is 302 g/mol. The number of rotatable bonds is 3. The Morgan fingerprint density at radius 2 is 2.39 bits per heavy atom. The van der Waals surface area contributed by atoms with Crippen molar-refractivity contribution >= 4 is 27.9 Å². The SMILES string of the molecule is Cc1nc2c(cc1Br)C(=O)N(CCNC(=O)O)C2.